The summed E-state index contributed by atoms with van der Waals surface area (Å²) in [4.78, 5) is 71.1. The number of Topliss-reactive ketones (excluding diaryl/α,β-unsaturated/α-hetero) is 3. The van der Waals surface area contributed by atoms with Crippen molar-refractivity contribution in [3.63, 3.8) is 0 Å². The monoisotopic (exact) mass is 468 g/mol. The van der Waals surface area contributed by atoms with Gasteiger partial charge in [0.05, 0.1) is 19.6 Å². The molecule has 10 heteroatoms. The van der Waals surface area contributed by atoms with Crippen LogP contribution in [0.25, 0.3) is 0 Å². The topological polar surface area (TPSA) is 142 Å². The lowest BCUT2D eigenvalue weighted by atomic mass is 10.1. The summed E-state index contributed by atoms with van der Waals surface area (Å²) in [6, 6.07) is 0. The molecular weight excluding hydrogens is 428 g/mol. The van der Waals surface area contributed by atoms with Crippen LogP contribution in [0.15, 0.2) is 0 Å². The van der Waals surface area contributed by atoms with Crippen molar-refractivity contribution in [2.24, 2.45) is 0 Å². The van der Waals surface area contributed by atoms with Crippen molar-refractivity contribution in [1.82, 2.24) is 20.9 Å². The maximum absolute atomic E-state index is 12.3. The first-order valence-corrected chi connectivity index (χ1v) is 11.6. The van der Waals surface area contributed by atoms with Gasteiger partial charge in [0.25, 0.3) is 0 Å². The normalized spacial score (nSPS) is 10.5. The van der Waals surface area contributed by atoms with Crippen molar-refractivity contribution < 1.29 is 28.8 Å². The van der Waals surface area contributed by atoms with E-state index in [0.29, 0.717) is 51.7 Å². The predicted molar refractivity (Wildman–Crippen MR) is 124 cm³/mol. The second-order valence-electron chi connectivity index (χ2n) is 8.32. The van der Waals surface area contributed by atoms with Gasteiger partial charge in [-0.2, -0.15) is 0 Å². The minimum atomic E-state index is -0.333. The zero-order valence-corrected chi connectivity index (χ0v) is 20.3. The van der Waals surface area contributed by atoms with Crippen molar-refractivity contribution in [1.29, 1.82) is 0 Å². The van der Waals surface area contributed by atoms with Gasteiger partial charge in [0.1, 0.15) is 17.3 Å². The second-order valence-corrected chi connectivity index (χ2v) is 8.32. The van der Waals surface area contributed by atoms with Crippen LogP contribution < -0.4 is 16.0 Å². The summed E-state index contributed by atoms with van der Waals surface area (Å²) in [6.45, 7) is 5.29. The highest BCUT2D eigenvalue weighted by Crippen LogP contribution is 1.99. The molecular formula is C23H40N4O6. The Labute approximate surface area is 196 Å². The molecule has 188 valence electrons. The van der Waals surface area contributed by atoms with Crippen LogP contribution in [-0.2, 0) is 28.8 Å². The minimum absolute atomic E-state index is 0.0466. The third-order valence-electron chi connectivity index (χ3n) is 4.68. The molecule has 0 saturated heterocycles. The zero-order chi connectivity index (χ0) is 25.1. The van der Waals surface area contributed by atoms with E-state index < -0.39 is 0 Å². The zero-order valence-electron chi connectivity index (χ0n) is 20.3. The fraction of sp³-hybridized carbons (Fsp3) is 0.739. The molecule has 0 saturated carbocycles. The predicted octanol–water partition coefficient (Wildman–Crippen LogP) is 0.525. The largest absolute Gasteiger partial charge is 0.355 e. The van der Waals surface area contributed by atoms with E-state index in [0.717, 1.165) is 19.3 Å². The molecule has 0 aromatic carbocycles. The number of hydrogen-bond acceptors (Lipinski definition) is 7. The highest BCUT2D eigenvalue weighted by Gasteiger charge is 2.17. The summed E-state index contributed by atoms with van der Waals surface area (Å²) >= 11 is 0. The van der Waals surface area contributed by atoms with Gasteiger partial charge in [-0.1, -0.05) is 6.42 Å². The van der Waals surface area contributed by atoms with Gasteiger partial charge in [0.15, 0.2) is 0 Å². The van der Waals surface area contributed by atoms with Crippen LogP contribution in [0.3, 0.4) is 0 Å². The van der Waals surface area contributed by atoms with Crippen LogP contribution in [0.2, 0.25) is 0 Å². The molecule has 0 aromatic heterocycles. The van der Waals surface area contributed by atoms with Crippen LogP contribution in [-0.4, -0.2) is 79.2 Å². The van der Waals surface area contributed by atoms with Crippen LogP contribution in [0, 0.1) is 0 Å². The number of unbranched alkanes of at least 4 members (excludes halogenated alkanes) is 2. The summed E-state index contributed by atoms with van der Waals surface area (Å²) in [5, 5.41) is 8.16. The number of ketones is 3. The summed E-state index contributed by atoms with van der Waals surface area (Å²) in [6.07, 6.45) is 4.70. The van der Waals surface area contributed by atoms with Gasteiger partial charge in [0.2, 0.25) is 17.7 Å². The van der Waals surface area contributed by atoms with Crippen molar-refractivity contribution in [2.45, 2.75) is 72.1 Å². The molecule has 3 N–H and O–H groups in total. The maximum Gasteiger partial charge on any atom is 0.234 e. The molecule has 0 aliphatic heterocycles. The fourth-order valence-corrected chi connectivity index (χ4v) is 2.98. The molecule has 0 rings (SSSR count). The van der Waals surface area contributed by atoms with Crippen LogP contribution in [0.4, 0.5) is 0 Å². The van der Waals surface area contributed by atoms with Gasteiger partial charge in [-0.3, -0.25) is 19.3 Å². The van der Waals surface area contributed by atoms with Gasteiger partial charge in [-0.25, -0.2) is 0 Å². The summed E-state index contributed by atoms with van der Waals surface area (Å²) < 4.78 is 0. The molecule has 0 unspecified atom stereocenters. The van der Waals surface area contributed by atoms with Crippen molar-refractivity contribution >= 4 is 35.1 Å². The van der Waals surface area contributed by atoms with E-state index in [9.17, 15) is 28.8 Å². The SMILES string of the molecule is CC(=O)CCCCCNC(=O)CN(CC(=O)NCCCC(C)=O)CC(=O)NCCCC(C)=O. The van der Waals surface area contributed by atoms with E-state index in [1.807, 2.05) is 0 Å². The van der Waals surface area contributed by atoms with E-state index in [2.05, 4.69) is 16.0 Å². The Balaban J connectivity index is 4.52. The van der Waals surface area contributed by atoms with Gasteiger partial charge in [-0.15, -0.1) is 0 Å². The molecule has 33 heavy (non-hydrogen) atoms. The van der Waals surface area contributed by atoms with Crippen molar-refractivity contribution in [2.75, 3.05) is 39.3 Å². The lowest BCUT2D eigenvalue weighted by Gasteiger charge is -2.21. The fourth-order valence-electron chi connectivity index (χ4n) is 2.98. The Kier molecular flexibility index (Phi) is 17.4. The number of carbonyl (C=O) groups is 6. The first-order valence-electron chi connectivity index (χ1n) is 11.6. The van der Waals surface area contributed by atoms with Gasteiger partial charge >= 0.3 is 0 Å². The quantitative estimate of drug-likeness (QED) is 0.221. The molecule has 0 atom stereocenters. The molecule has 0 radical (unpaired) electrons. The maximum atomic E-state index is 12.3. The highest BCUT2D eigenvalue weighted by atomic mass is 16.2. The lowest BCUT2D eigenvalue weighted by Crippen LogP contribution is -2.47. The first kappa shape index (κ1) is 30.4. The summed E-state index contributed by atoms with van der Waals surface area (Å²) in [5.74, 6) is -0.723. The van der Waals surface area contributed by atoms with E-state index in [-0.39, 0.29) is 54.7 Å². The molecule has 3 amide bonds. The standard InChI is InChI=1S/C23H40N4O6/c1-18(28)9-5-4-6-12-24-21(31)15-27(16-22(32)25-13-7-10-19(2)29)17-23(33)26-14-8-11-20(3)30/h4-17H2,1-3H3,(H,24,31)(H,25,32)(H,26,33). The van der Waals surface area contributed by atoms with Crippen molar-refractivity contribution in [3.05, 3.63) is 0 Å². The van der Waals surface area contributed by atoms with E-state index >= 15 is 0 Å². The third kappa shape index (κ3) is 21.0. The molecule has 0 spiro atoms. The van der Waals surface area contributed by atoms with E-state index in [4.69, 9.17) is 0 Å². The minimum Gasteiger partial charge on any atom is -0.355 e. The lowest BCUT2D eigenvalue weighted by molar-refractivity contribution is -0.128. The highest BCUT2D eigenvalue weighted by molar-refractivity contribution is 5.84. The van der Waals surface area contributed by atoms with Gasteiger partial charge < -0.3 is 30.3 Å². The number of amides is 3. The second kappa shape index (κ2) is 18.9. The van der Waals surface area contributed by atoms with Crippen LogP contribution in [0.5, 0.6) is 0 Å². The molecule has 0 heterocycles. The molecule has 0 aliphatic carbocycles. The number of carbonyl (C=O) groups excluding carboxylic acids is 6. The summed E-state index contributed by atoms with van der Waals surface area (Å²) in [7, 11) is 0. The van der Waals surface area contributed by atoms with Crippen LogP contribution in [0.1, 0.15) is 72.1 Å². The third-order valence-corrected chi connectivity index (χ3v) is 4.68. The number of hydrogen-bond donors (Lipinski definition) is 3. The molecule has 0 aromatic rings. The Morgan fingerprint density at radius 2 is 0.818 bits per heavy atom. The van der Waals surface area contributed by atoms with Crippen molar-refractivity contribution in [3.8, 4) is 0 Å². The molecule has 10 nitrogen and oxygen atoms in total. The van der Waals surface area contributed by atoms with Crippen LogP contribution >= 0.6 is 0 Å². The molecule has 0 aliphatic rings. The molecule has 0 bridgehead atoms. The van der Waals surface area contributed by atoms with Gasteiger partial charge in [0, 0.05) is 38.9 Å². The summed E-state index contributed by atoms with van der Waals surface area (Å²) in [5.41, 5.74) is 0. The first-order chi connectivity index (χ1) is 15.6. The van der Waals surface area contributed by atoms with E-state index in [1.54, 1.807) is 6.92 Å². The van der Waals surface area contributed by atoms with E-state index in [1.165, 1.54) is 18.7 Å². The smallest absolute Gasteiger partial charge is 0.234 e. The number of nitrogens with zero attached hydrogens (tertiary/aromatic N) is 1. The Bertz CT molecular complexity index is 629. The number of rotatable bonds is 20. The average molecular weight is 469 g/mol. The Morgan fingerprint density at radius 3 is 1.18 bits per heavy atom. The Hall–Kier alpha value is -2.62. The van der Waals surface area contributed by atoms with Gasteiger partial charge in [-0.05, 0) is 46.5 Å². The Morgan fingerprint density at radius 1 is 0.485 bits per heavy atom. The average Bonchev–Trinajstić information content (AvgIpc) is 2.70. The number of nitrogens with one attached hydrogen (secondary N) is 3. The molecule has 0 fully saturated rings.